The van der Waals surface area contributed by atoms with Crippen LogP contribution >= 0.6 is 0 Å². The van der Waals surface area contributed by atoms with Gasteiger partial charge in [-0.1, -0.05) is 12.1 Å². The molecule has 3 rings (SSSR count). The van der Waals surface area contributed by atoms with Crippen molar-refractivity contribution < 1.29 is 17.9 Å². The van der Waals surface area contributed by atoms with Crippen LogP contribution in [-0.2, 0) is 14.8 Å². The van der Waals surface area contributed by atoms with Crippen molar-refractivity contribution in [1.82, 2.24) is 0 Å². The minimum absolute atomic E-state index is 0.0791. The standard InChI is InChI=1S/C19H22N2O4S/c1-14-13-15(10-11-16(14)21-12-6-5-9-19(21)22)20-26(23,24)18-8-4-3-7-17(18)25-2/h3-4,7-8,10-11,13,20H,5-6,9,12H2,1-2H3. The molecule has 0 atom stereocenters. The van der Waals surface area contributed by atoms with E-state index < -0.39 is 10.0 Å². The van der Waals surface area contributed by atoms with Crippen molar-refractivity contribution in [2.45, 2.75) is 31.1 Å². The van der Waals surface area contributed by atoms with Crippen molar-refractivity contribution in [3.8, 4) is 5.75 Å². The number of methoxy groups -OCH3 is 1. The number of nitrogens with zero attached hydrogens (tertiary/aromatic N) is 1. The number of hydrogen-bond acceptors (Lipinski definition) is 4. The Morgan fingerprint density at radius 3 is 2.58 bits per heavy atom. The molecule has 7 heteroatoms. The number of rotatable bonds is 5. The Morgan fingerprint density at radius 1 is 1.12 bits per heavy atom. The molecule has 0 aromatic heterocycles. The second kappa shape index (κ2) is 7.37. The fraction of sp³-hybridized carbons (Fsp3) is 0.316. The summed E-state index contributed by atoms with van der Waals surface area (Å²) < 4.78 is 33.1. The van der Waals surface area contributed by atoms with Crippen molar-refractivity contribution in [3.05, 3.63) is 48.0 Å². The average Bonchev–Trinajstić information content (AvgIpc) is 2.62. The van der Waals surface area contributed by atoms with Gasteiger partial charge in [0.15, 0.2) is 0 Å². The first-order valence-corrected chi connectivity index (χ1v) is 9.97. The highest BCUT2D eigenvalue weighted by Crippen LogP contribution is 2.29. The summed E-state index contributed by atoms with van der Waals surface area (Å²) in [6.45, 7) is 2.57. The van der Waals surface area contributed by atoms with Gasteiger partial charge in [-0.2, -0.15) is 0 Å². The maximum atomic E-state index is 12.7. The Bertz CT molecular complexity index is 925. The summed E-state index contributed by atoms with van der Waals surface area (Å²) in [4.78, 5) is 14.0. The largest absolute Gasteiger partial charge is 0.495 e. The van der Waals surface area contributed by atoms with Crippen LogP contribution in [0.3, 0.4) is 0 Å². The van der Waals surface area contributed by atoms with Crippen LogP contribution in [0.15, 0.2) is 47.4 Å². The molecule has 1 amide bonds. The summed E-state index contributed by atoms with van der Waals surface area (Å²) in [5.74, 6) is 0.397. The molecule has 6 nitrogen and oxygen atoms in total. The van der Waals surface area contributed by atoms with Crippen LogP contribution in [0.25, 0.3) is 0 Å². The molecule has 1 heterocycles. The fourth-order valence-corrected chi connectivity index (χ4v) is 4.35. The van der Waals surface area contributed by atoms with E-state index in [0.29, 0.717) is 18.7 Å². The maximum Gasteiger partial charge on any atom is 0.265 e. The van der Waals surface area contributed by atoms with Gasteiger partial charge in [-0.3, -0.25) is 9.52 Å². The van der Waals surface area contributed by atoms with Crippen molar-refractivity contribution in [2.75, 3.05) is 23.3 Å². The van der Waals surface area contributed by atoms with E-state index in [1.165, 1.54) is 13.2 Å². The van der Waals surface area contributed by atoms with Crippen LogP contribution in [0.5, 0.6) is 5.75 Å². The highest BCUT2D eigenvalue weighted by atomic mass is 32.2. The van der Waals surface area contributed by atoms with Crippen LogP contribution in [0.2, 0.25) is 0 Å². The van der Waals surface area contributed by atoms with Crippen LogP contribution in [0, 0.1) is 6.92 Å². The first-order chi connectivity index (χ1) is 12.4. The van der Waals surface area contributed by atoms with Crippen LogP contribution in [-0.4, -0.2) is 28.0 Å². The molecule has 0 spiro atoms. The van der Waals surface area contributed by atoms with E-state index in [2.05, 4.69) is 4.72 Å². The van der Waals surface area contributed by atoms with Gasteiger partial charge in [-0.15, -0.1) is 0 Å². The Morgan fingerprint density at radius 2 is 1.88 bits per heavy atom. The lowest BCUT2D eigenvalue weighted by atomic mass is 10.1. The minimum Gasteiger partial charge on any atom is -0.495 e. The van der Waals surface area contributed by atoms with Gasteiger partial charge in [0.2, 0.25) is 5.91 Å². The van der Waals surface area contributed by atoms with Gasteiger partial charge in [0, 0.05) is 24.3 Å². The molecule has 0 aliphatic carbocycles. The molecule has 0 bridgehead atoms. The van der Waals surface area contributed by atoms with Crippen molar-refractivity contribution >= 4 is 27.3 Å². The number of carbonyl (C=O) groups excluding carboxylic acids is 1. The van der Waals surface area contributed by atoms with Gasteiger partial charge in [-0.05, 0) is 55.7 Å². The van der Waals surface area contributed by atoms with Gasteiger partial charge in [-0.25, -0.2) is 8.42 Å². The molecular weight excluding hydrogens is 352 g/mol. The summed E-state index contributed by atoms with van der Waals surface area (Å²) in [6, 6.07) is 11.7. The highest BCUT2D eigenvalue weighted by Gasteiger charge is 2.22. The number of piperidine rings is 1. The van der Waals surface area contributed by atoms with E-state index >= 15 is 0 Å². The first kappa shape index (κ1) is 18.3. The predicted molar refractivity (Wildman–Crippen MR) is 101 cm³/mol. The number of anilines is 2. The second-order valence-corrected chi connectivity index (χ2v) is 7.91. The zero-order valence-electron chi connectivity index (χ0n) is 14.9. The van der Waals surface area contributed by atoms with E-state index in [0.717, 1.165) is 24.1 Å². The summed E-state index contributed by atoms with van der Waals surface area (Å²) in [6.07, 6.45) is 2.46. The minimum atomic E-state index is -3.78. The zero-order valence-corrected chi connectivity index (χ0v) is 15.7. The molecule has 2 aromatic carbocycles. The topological polar surface area (TPSA) is 75.7 Å². The lowest BCUT2D eigenvalue weighted by molar-refractivity contribution is -0.119. The number of para-hydroxylation sites is 1. The molecule has 0 radical (unpaired) electrons. The Kier molecular flexibility index (Phi) is 5.18. The van der Waals surface area contributed by atoms with Crippen molar-refractivity contribution in [3.63, 3.8) is 0 Å². The van der Waals surface area contributed by atoms with Crippen molar-refractivity contribution in [2.24, 2.45) is 0 Å². The number of carbonyl (C=O) groups is 1. The van der Waals surface area contributed by atoms with E-state index in [1.807, 2.05) is 6.92 Å². The highest BCUT2D eigenvalue weighted by molar-refractivity contribution is 7.92. The summed E-state index contributed by atoms with van der Waals surface area (Å²) in [5.41, 5.74) is 2.12. The van der Waals surface area contributed by atoms with Crippen molar-refractivity contribution in [1.29, 1.82) is 0 Å². The third kappa shape index (κ3) is 3.67. The molecule has 1 aliphatic rings. The predicted octanol–water partition coefficient (Wildman–Crippen LogP) is 3.32. The monoisotopic (exact) mass is 374 g/mol. The lowest BCUT2D eigenvalue weighted by Gasteiger charge is -2.28. The Labute approximate surface area is 153 Å². The van der Waals surface area contributed by atoms with E-state index in [-0.39, 0.29) is 16.6 Å². The SMILES string of the molecule is COc1ccccc1S(=O)(=O)Nc1ccc(N2CCCCC2=O)c(C)c1. The number of ether oxygens (including phenoxy) is 1. The summed E-state index contributed by atoms with van der Waals surface area (Å²) in [5, 5.41) is 0. The zero-order chi connectivity index (χ0) is 18.7. The third-order valence-electron chi connectivity index (χ3n) is 4.42. The van der Waals surface area contributed by atoms with Gasteiger partial charge in [0.25, 0.3) is 10.0 Å². The van der Waals surface area contributed by atoms with Crippen LogP contribution in [0.4, 0.5) is 11.4 Å². The number of hydrogen-bond donors (Lipinski definition) is 1. The number of nitrogens with one attached hydrogen (secondary N) is 1. The molecule has 138 valence electrons. The Balaban J connectivity index is 1.86. The van der Waals surface area contributed by atoms with Crippen LogP contribution in [0.1, 0.15) is 24.8 Å². The normalized spacial score (nSPS) is 15.0. The third-order valence-corrected chi connectivity index (χ3v) is 5.84. The number of amides is 1. The summed E-state index contributed by atoms with van der Waals surface area (Å²) in [7, 11) is -2.34. The van der Waals surface area contributed by atoms with Gasteiger partial charge in [0.05, 0.1) is 7.11 Å². The molecule has 1 fully saturated rings. The molecule has 1 N–H and O–H groups in total. The van der Waals surface area contributed by atoms with Gasteiger partial charge < -0.3 is 9.64 Å². The van der Waals surface area contributed by atoms with Gasteiger partial charge >= 0.3 is 0 Å². The molecule has 2 aromatic rings. The smallest absolute Gasteiger partial charge is 0.265 e. The molecule has 1 saturated heterocycles. The van der Waals surface area contributed by atoms with E-state index in [9.17, 15) is 13.2 Å². The molecule has 1 aliphatic heterocycles. The second-order valence-electron chi connectivity index (χ2n) is 6.26. The summed E-state index contributed by atoms with van der Waals surface area (Å²) >= 11 is 0. The maximum absolute atomic E-state index is 12.7. The molecular formula is C19H22N2O4S. The fourth-order valence-electron chi connectivity index (χ4n) is 3.13. The number of sulfonamides is 1. The van der Waals surface area contributed by atoms with Gasteiger partial charge in [0.1, 0.15) is 10.6 Å². The molecule has 0 saturated carbocycles. The number of benzene rings is 2. The lowest BCUT2D eigenvalue weighted by Crippen LogP contribution is -2.35. The van der Waals surface area contributed by atoms with Crippen LogP contribution < -0.4 is 14.4 Å². The molecule has 0 unspecified atom stereocenters. The average molecular weight is 374 g/mol. The van der Waals surface area contributed by atoms with E-state index in [1.54, 1.807) is 41.3 Å². The Hall–Kier alpha value is -2.54. The quantitative estimate of drug-likeness (QED) is 0.871. The number of aryl methyl sites for hydroxylation is 1. The first-order valence-electron chi connectivity index (χ1n) is 8.49. The molecule has 26 heavy (non-hydrogen) atoms. The van der Waals surface area contributed by atoms with E-state index in [4.69, 9.17) is 4.74 Å².